The molecule has 1 aromatic carbocycles. The Morgan fingerprint density at radius 3 is 2.66 bits per heavy atom. The number of hydrogen-bond acceptors (Lipinski definition) is 5. The average molecular weight is 494 g/mol. The second-order valence-electron chi connectivity index (χ2n) is 8.12. The molecule has 2 aromatic rings. The highest BCUT2D eigenvalue weighted by Gasteiger charge is 2.28. The van der Waals surface area contributed by atoms with Crippen molar-refractivity contribution in [1.82, 2.24) is 14.2 Å². The second kappa shape index (κ2) is 11.9. The summed E-state index contributed by atoms with van der Waals surface area (Å²) in [6.45, 7) is 4.36. The van der Waals surface area contributed by atoms with Gasteiger partial charge in [-0.2, -0.15) is 5.26 Å². The van der Waals surface area contributed by atoms with Gasteiger partial charge in [0.25, 0.3) is 0 Å². The molecule has 3 N–H and O–H groups in total. The molecule has 0 spiro atoms. The molecule has 0 saturated carbocycles. The zero-order chi connectivity index (χ0) is 23.1. The maximum absolute atomic E-state index is 13.4. The van der Waals surface area contributed by atoms with Crippen molar-refractivity contribution in [2.75, 3.05) is 18.8 Å². The summed E-state index contributed by atoms with van der Waals surface area (Å²) in [6.07, 6.45) is 6.94. The number of benzene rings is 1. The van der Waals surface area contributed by atoms with Crippen molar-refractivity contribution in [1.29, 1.82) is 5.26 Å². The van der Waals surface area contributed by atoms with Crippen molar-refractivity contribution in [3.8, 4) is 6.07 Å². The molecule has 1 aliphatic rings. The topological polar surface area (TPSA) is 87.1 Å². The molecule has 1 saturated heterocycles. The van der Waals surface area contributed by atoms with E-state index >= 15 is 0 Å². The molecule has 0 bridgehead atoms. The fourth-order valence-corrected chi connectivity index (χ4v) is 5.51. The molecule has 1 aliphatic heterocycles. The highest BCUT2D eigenvalue weighted by atomic mass is 35.5. The molecule has 0 aliphatic carbocycles. The molecule has 3 rings (SSSR count). The number of nitrogens with two attached hydrogens (primary N) is 1. The summed E-state index contributed by atoms with van der Waals surface area (Å²) < 4.78 is 5.19. The molecule has 9 heteroatoms. The maximum Gasteiger partial charge on any atom is 0.240 e. The summed E-state index contributed by atoms with van der Waals surface area (Å²) >= 11 is 13.6. The van der Waals surface area contributed by atoms with Gasteiger partial charge in [0, 0.05) is 30.7 Å². The number of likely N-dealkylation sites (tertiary alicyclic amines) is 1. The Labute approximate surface area is 204 Å². The van der Waals surface area contributed by atoms with E-state index in [4.69, 9.17) is 28.9 Å². The van der Waals surface area contributed by atoms with Gasteiger partial charge in [0.2, 0.25) is 5.91 Å². The molecule has 1 atom stereocenters. The van der Waals surface area contributed by atoms with Crippen molar-refractivity contribution in [2.45, 2.75) is 56.5 Å². The predicted molar refractivity (Wildman–Crippen MR) is 132 cm³/mol. The van der Waals surface area contributed by atoms with E-state index in [2.05, 4.69) is 17.7 Å². The third-order valence-electron chi connectivity index (χ3n) is 5.90. The Hall–Kier alpha value is -1.85. The van der Waals surface area contributed by atoms with Gasteiger partial charge in [-0.05, 0) is 61.4 Å². The first kappa shape index (κ1) is 24.8. The van der Waals surface area contributed by atoms with Gasteiger partial charge in [-0.15, -0.1) is 0 Å². The Morgan fingerprint density at radius 1 is 1.34 bits per heavy atom. The number of anilines is 1. The number of carbonyl (C=O) groups is 1. The first-order valence-electron chi connectivity index (χ1n) is 10.9. The summed E-state index contributed by atoms with van der Waals surface area (Å²) in [6, 6.07) is 8.86. The number of carbonyl (C=O) groups excluding carboxylic acids is 1. The first-order valence-corrected chi connectivity index (χ1v) is 12.5. The van der Waals surface area contributed by atoms with E-state index in [1.54, 1.807) is 18.2 Å². The molecule has 1 unspecified atom stereocenters. The average Bonchev–Trinajstić information content (AvgIpc) is 3.25. The number of halogens is 2. The zero-order valence-electron chi connectivity index (χ0n) is 18.2. The van der Waals surface area contributed by atoms with Crippen LogP contribution < -0.4 is 10.5 Å². The third-order valence-corrected chi connectivity index (χ3v) is 7.39. The van der Waals surface area contributed by atoms with Gasteiger partial charge in [-0.3, -0.25) is 4.79 Å². The number of amides is 1. The zero-order valence-corrected chi connectivity index (χ0v) is 20.5. The smallest absolute Gasteiger partial charge is 0.240 e. The van der Waals surface area contributed by atoms with Crippen LogP contribution in [0, 0.1) is 17.2 Å². The van der Waals surface area contributed by atoms with Crippen molar-refractivity contribution < 1.29 is 4.79 Å². The van der Waals surface area contributed by atoms with Crippen LogP contribution in [0.2, 0.25) is 10.0 Å². The van der Waals surface area contributed by atoms with E-state index < -0.39 is 6.04 Å². The lowest BCUT2D eigenvalue weighted by Crippen LogP contribution is -2.48. The van der Waals surface area contributed by atoms with Gasteiger partial charge in [-0.1, -0.05) is 43.0 Å². The van der Waals surface area contributed by atoms with Crippen molar-refractivity contribution >= 4 is 46.7 Å². The lowest BCUT2D eigenvalue weighted by atomic mass is 9.92. The number of rotatable bonds is 9. The fraction of sp³-hybridized carbons (Fsp3) is 0.478. The molecule has 2 heterocycles. The molecule has 1 fully saturated rings. The van der Waals surface area contributed by atoms with E-state index in [-0.39, 0.29) is 5.91 Å². The molecular weight excluding hydrogens is 465 g/mol. The highest BCUT2D eigenvalue weighted by molar-refractivity contribution is 7.97. The fourth-order valence-electron chi connectivity index (χ4n) is 4.04. The van der Waals surface area contributed by atoms with Crippen LogP contribution in [0.1, 0.15) is 44.7 Å². The first-order chi connectivity index (χ1) is 15.4. The third kappa shape index (κ3) is 6.35. The quantitative estimate of drug-likeness (QED) is 0.363. The van der Waals surface area contributed by atoms with Crippen LogP contribution in [0.5, 0.6) is 0 Å². The van der Waals surface area contributed by atoms with Gasteiger partial charge >= 0.3 is 0 Å². The van der Waals surface area contributed by atoms with Crippen LogP contribution >= 0.6 is 35.1 Å². The maximum atomic E-state index is 13.4. The SMILES string of the molecule is CCCC1CCN(C(=O)C(CCn2cccc2C#N)NSc2cc(Cl)c(N)c(Cl)c2)CC1. The van der Waals surface area contributed by atoms with Crippen LogP contribution in [-0.4, -0.2) is 34.5 Å². The Balaban J connectivity index is 1.69. The van der Waals surface area contributed by atoms with Gasteiger partial charge in [-0.25, -0.2) is 4.72 Å². The summed E-state index contributed by atoms with van der Waals surface area (Å²) in [7, 11) is 0. The standard InChI is InChI=1S/C23H29Cl2N5OS/c1-2-4-16-6-10-30(11-7-16)23(31)21(8-12-29-9-3-5-17(29)15-26)28-32-18-13-19(24)22(27)20(25)14-18/h3,5,9,13-14,16,21,28H,2,4,6-8,10-12,27H2,1H3. The Kier molecular flexibility index (Phi) is 9.18. The molecule has 0 radical (unpaired) electrons. The lowest BCUT2D eigenvalue weighted by molar-refractivity contribution is -0.134. The minimum atomic E-state index is -0.410. The van der Waals surface area contributed by atoms with Crippen molar-refractivity contribution in [2.24, 2.45) is 5.92 Å². The monoisotopic (exact) mass is 493 g/mol. The molecule has 6 nitrogen and oxygen atoms in total. The van der Waals surface area contributed by atoms with Gasteiger partial charge in [0.05, 0.1) is 21.8 Å². The van der Waals surface area contributed by atoms with Crippen molar-refractivity contribution in [3.05, 3.63) is 46.2 Å². The number of aromatic nitrogens is 1. The van der Waals surface area contributed by atoms with Gasteiger partial charge in [0.1, 0.15) is 11.8 Å². The molecule has 1 amide bonds. The molecular formula is C23H29Cl2N5OS. The second-order valence-corrected chi connectivity index (χ2v) is 9.84. The Morgan fingerprint density at radius 2 is 2.03 bits per heavy atom. The van der Waals surface area contributed by atoms with E-state index in [1.165, 1.54) is 24.8 Å². The van der Waals surface area contributed by atoms with E-state index in [1.807, 2.05) is 21.7 Å². The molecule has 1 aromatic heterocycles. The number of hydrogen-bond donors (Lipinski definition) is 2. The summed E-state index contributed by atoms with van der Waals surface area (Å²) in [5.74, 6) is 0.799. The number of aryl methyl sites for hydroxylation is 1. The molecule has 172 valence electrons. The van der Waals surface area contributed by atoms with Crippen LogP contribution in [0.3, 0.4) is 0 Å². The van der Waals surface area contributed by atoms with Gasteiger partial charge in [0.15, 0.2) is 0 Å². The number of nitriles is 1. The molecule has 32 heavy (non-hydrogen) atoms. The highest BCUT2D eigenvalue weighted by Crippen LogP contribution is 2.32. The Bertz CT molecular complexity index is 943. The number of nitrogens with zero attached hydrogens (tertiary/aromatic N) is 3. The number of nitrogens with one attached hydrogen (secondary N) is 1. The summed E-state index contributed by atoms with van der Waals surface area (Å²) in [5, 5.41) is 10.0. The van der Waals surface area contributed by atoms with Crippen LogP contribution in [0.15, 0.2) is 35.4 Å². The van der Waals surface area contributed by atoms with Crippen LogP contribution in [0.25, 0.3) is 0 Å². The minimum absolute atomic E-state index is 0.0887. The largest absolute Gasteiger partial charge is 0.396 e. The van der Waals surface area contributed by atoms with Crippen LogP contribution in [-0.2, 0) is 11.3 Å². The van der Waals surface area contributed by atoms with Gasteiger partial charge < -0.3 is 15.2 Å². The lowest BCUT2D eigenvalue weighted by Gasteiger charge is -2.34. The van der Waals surface area contributed by atoms with E-state index in [9.17, 15) is 10.1 Å². The van der Waals surface area contributed by atoms with E-state index in [0.29, 0.717) is 40.3 Å². The number of piperidine rings is 1. The van der Waals surface area contributed by atoms with E-state index in [0.717, 1.165) is 30.8 Å². The van der Waals surface area contributed by atoms with Crippen molar-refractivity contribution in [3.63, 3.8) is 0 Å². The van der Waals surface area contributed by atoms with Crippen LogP contribution in [0.4, 0.5) is 5.69 Å². The summed E-state index contributed by atoms with van der Waals surface area (Å²) in [4.78, 5) is 16.1. The number of nitrogen functional groups attached to an aromatic ring is 1. The predicted octanol–water partition coefficient (Wildman–Crippen LogP) is 5.34. The summed E-state index contributed by atoms with van der Waals surface area (Å²) in [5.41, 5.74) is 6.76. The normalized spacial score (nSPS) is 15.5. The minimum Gasteiger partial charge on any atom is -0.396 e.